The van der Waals surface area contributed by atoms with Gasteiger partial charge in [-0.05, 0) is 89.6 Å². The number of rotatable bonds is 10. The maximum Gasteiger partial charge on any atom is 0.476 e. The first-order chi connectivity index (χ1) is 18.0. The summed E-state index contributed by atoms with van der Waals surface area (Å²) < 4.78 is 17.2. The van der Waals surface area contributed by atoms with Crippen molar-refractivity contribution in [2.24, 2.45) is 0 Å². The molecule has 37 heavy (non-hydrogen) atoms. The van der Waals surface area contributed by atoms with Gasteiger partial charge in [0.25, 0.3) is 0 Å². The zero-order chi connectivity index (χ0) is 26.2. The second kappa shape index (κ2) is 12.3. The van der Waals surface area contributed by atoms with Gasteiger partial charge in [-0.1, -0.05) is 29.8 Å². The summed E-state index contributed by atoms with van der Waals surface area (Å²) in [5, 5.41) is 39.2. The highest BCUT2D eigenvalue weighted by Gasteiger charge is 2.22. The molecule has 0 aliphatic rings. The first-order valence-electron chi connectivity index (χ1n) is 11.6. The fraction of sp³-hybridized carbons (Fsp3) is 0.107. The Balaban J connectivity index is 1.41. The number of ether oxygens (including phenoxy) is 2. The molecule has 0 amide bonds. The van der Waals surface area contributed by atoms with Crippen molar-refractivity contribution in [2.75, 3.05) is 0 Å². The highest BCUT2D eigenvalue weighted by atomic mass is 16.5. The van der Waals surface area contributed by atoms with E-state index in [0.717, 1.165) is 5.56 Å². The van der Waals surface area contributed by atoms with Crippen molar-refractivity contribution < 1.29 is 29.3 Å². The van der Waals surface area contributed by atoms with Crippen molar-refractivity contribution in [1.82, 2.24) is 0 Å². The lowest BCUT2D eigenvalue weighted by Gasteiger charge is -2.15. The highest BCUT2D eigenvalue weighted by molar-refractivity contribution is 6.68. The molecule has 9 heteroatoms. The summed E-state index contributed by atoms with van der Waals surface area (Å²) >= 11 is 0. The van der Waals surface area contributed by atoms with Gasteiger partial charge in [-0.15, -0.1) is 0 Å². The molecule has 0 aliphatic heterocycles. The third-order valence-corrected chi connectivity index (χ3v) is 5.64. The SMILES string of the molecule is Cc1ccc(Oc2ccc(B(O)O[B]c3ccc(Oc4ccc(C#N)cc4)cc3CO)c(CO)c2)cc1. The Morgan fingerprint density at radius 3 is 1.89 bits per heavy atom. The van der Waals surface area contributed by atoms with Crippen LogP contribution in [0.1, 0.15) is 22.3 Å². The predicted molar refractivity (Wildman–Crippen MR) is 141 cm³/mol. The van der Waals surface area contributed by atoms with Gasteiger partial charge in [0, 0.05) is 0 Å². The molecule has 1 radical (unpaired) electrons. The van der Waals surface area contributed by atoms with E-state index in [1.165, 1.54) is 7.48 Å². The van der Waals surface area contributed by atoms with Gasteiger partial charge in [0.1, 0.15) is 23.0 Å². The van der Waals surface area contributed by atoms with E-state index in [9.17, 15) is 15.2 Å². The van der Waals surface area contributed by atoms with Crippen molar-refractivity contribution in [3.8, 4) is 29.1 Å². The molecule has 4 aromatic rings. The van der Waals surface area contributed by atoms with Crippen LogP contribution >= 0.6 is 0 Å². The summed E-state index contributed by atoms with van der Waals surface area (Å²) in [4.78, 5) is 0. The van der Waals surface area contributed by atoms with Gasteiger partial charge in [-0.2, -0.15) is 5.26 Å². The molecule has 183 valence electrons. The Hall–Kier alpha value is -4.06. The van der Waals surface area contributed by atoms with E-state index in [0.29, 0.717) is 50.6 Å². The van der Waals surface area contributed by atoms with E-state index in [2.05, 4.69) is 6.07 Å². The summed E-state index contributed by atoms with van der Waals surface area (Å²) in [7, 11) is -0.00348. The van der Waals surface area contributed by atoms with Crippen molar-refractivity contribution in [1.29, 1.82) is 5.26 Å². The van der Waals surface area contributed by atoms with Gasteiger partial charge in [0.05, 0.1) is 24.8 Å². The van der Waals surface area contributed by atoms with E-state index in [-0.39, 0.29) is 13.2 Å². The fourth-order valence-electron chi connectivity index (χ4n) is 3.61. The van der Waals surface area contributed by atoms with E-state index in [1.54, 1.807) is 60.7 Å². The first-order valence-corrected chi connectivity index (χ1v) is 11.6. The van der Waals surface area contributed by atoms with Crippen LogP contribution in [0.15, 0.2) is 84.9 Å². The van der Waals surface area contributed by atoms with Crippen molar-refractivity contribution >= 4 is 25.5 Å². The molecular formula is C28H24B2NO6. The quantitative estimate of drug-likeness (QED) is 0.292. The summed E-state index contributed by atoms with van der Waals surface area (Å²) in [6.45, 7) is 1.40. The Labute approximate surface area is 216 Å². The van der Waals surface area contributed by atoms with Gasteiger partial charge in [0.15, 0.2) is 0 Å². The number of aliphatic hydroxyl groups excluding tert-OH is 2. The van der Waals surface area contributed by atoms with Crippen molar-refractivity contribution in [3.63, 3.8) is 0 Å². The van der Waals surface area contributed by atoms with E-state index >= 15 is 0 Å². The minimum atomic E-state index is -1.35. The minimum Gasteiger partial charge on any atom is -0.471 e. The van der Waals surface area contributed by atoms with E-state index in [1.807, 2.05) is 31.2 Å². The Kier molecular flexibility index (Phi) is 8.62. The predicted octanol–water partition coefficient (Wildman–Crippen LogP) is 3.08. The van der Waals surface area contributed by atoms with Crippen LogP contribution in [0.2, 0.25) is 0 Å². The lowest BCUT2D eigenvalue weighted by Crippen LogP contribution is -2.40. The van der Waals surface area contributed by atoms with Crippen molar-refractivity contribution in [3.05, 3.63) is 107 Å². The molecule has 3 N–H and O–H groups in total. The zero-order valence-electron chi connectivity index (χ0n) is 20.2. The van der Waals surface area contributed by atoms with Gasteiger partial charge >= 0.3 is 14.6 Å². The van der Waals surface area contributed by atoms with Crippen molar-refractivity contribution in [2.45, 2.75) is 20.1 Å². The average Bonchev–Trinajstić information content (AvgIpc) is 2.93. The fourth-order valence-corrected chi connectivity index (χ4v) is 3.61. The second-order valence-electron chi connectivity index (χ2n) is 8.30. The van der Waals surface area contributed by atoms with Crippen LogP contribution < -0.4 is 20.4 Å². The van der Waals surface area contributed by atoms with E-state index < -0.39 is 7.12 Å². The molecule has 0 unspecified atom stereocenters. The third kappa shape index (κ3) is 6.79. The number of benzene rings is 4. The van der Waals surface area contributed by atoms with E-state index in [4.69, 9.17) is 19.3 Å². The lowest BCUT2D eigenvalue weighted by molar-refractivity contribution is 0.281. The molecule has 0 heterocycles. The Bertz CT molecular complexity index is 1390. The van der Waals surface area contributed by atoms with Crippen LogP contribution in [0.25, 0.3) is 0 Å². The normalized spacial score (nSPS) is 10.5. The first kappa shape index (κ1) is 26.0. The number of nitrogens with zero attached hydrogens (tertiary/aromatic N) is 1. The Morgan fingerprint density at radius 2 is 1.30 bits per heavy atom. The summed E-state index contributed by atoms with van der Waals surface area (Å²) in [6.07, 6.45) is 0. The minimum absolute atomic E-state index is 0.275. The summed E-state index contributed by atoms with van der Waals surface area (Å²) in [5.41, 5.74) is 3.58. The molecular weight excluding hydrogens is 468 g/mol. The average molecular weight is 492 g/mol. The molecule has 0 atom stereocenters. The van der Waals surface area contributed by atoms with Crippen LogP contribution in [0.5, 0.6) is 23.0 Å². The molecule has 0 aliphatic carbocycles. The molecule has 0 aromatic heterocycles. The van der Waals surface area contributed by atoms with Crippen LogP contribution in [0.4, 0.5) is 0 Å². The number of aliphatic hydroxyl groups is 2. The zero-order valence-corrected chi connectivity index (χ0v) is 20.2. The molecule has 0 saturated carbocycles. The smallest absolute Gasteiger partial charge is 0.471 e. The monoisotopic (exact) mass is 492 g/mol. The van der Waals surface area contributed by atoms with Crippen LogP contribution in [0.3, 0.4) is 0 Å². The Morgan fingerprint density at radius 1 is 0.757 bits per heavy atom. The topological polar surface area (TPSA) is 112 Å². The third-order valence-electron chi connectivity index (χ3n) is 5.64. The van der Waals surface area contributed by atoms with Gasteiger partial charge in [-0.3, -0.25) is 0 Å². The summed E-state index contributed by atoms with van der Waals surface area (Å²) in [5.74, 6) is 2.24. The standard InChI is InChI=1S/C28H24B2NO6/c1-19-2-6-23(7-3-19)35-26-11-13-28(22(15-26)18-33)30(34)37-29-27-12-10-25(14-21(27)17-32)36-24-8-4-20(16-31)5-9-24/h2-15,32-34H,17-18H2,1H3. The molecule has 0 spiro atoms. The molecule has 7 nitrogen and oxygen atoms in total. The number of aryl methyl sites for hydroxylation is 1. The van der Waals surface area contributed by atoms with Crippen LogP contribution in [-0.2, 0) is 17.8 Å². The van der Waals surface area contributed by atoms with Crippen LogP contribution in [-0.4, -0.2) is 29.8 Å². The second-order valence-corrected chi connectivity index (χ2v) is 8.30. The van der Waals surface area contributed by atoms with Crippen LogP contribution in [0, 0.1) is 18.3 Å². The number of nitriles is 1. The lowest BCUT2D eigenvalue weighted by atomic mass is 9.72. The number of hydrogen-bond acceptors (Lipinski definition) is 7. The highest BCUT2D eigenvalue weighted by Crippen LogP contribution is 2.23. The molecule has 0 bridgehead atoms. The molecule has 4 aromatic carbocycles. The maximum absolute atomic E-state index is 10.6. The maximum atomic E-state index is 10.6. The van der Waals surface area contributed by atoms with Gasteiger partial charge < -0.3 is 29.3 Å². The molecule has 0 fully saturated rings. The van der Waals surface area contributed by atoms with Gasteiger partial charge in [0.2, 0.25) is 0 Å². The summed E-state index contributed by atoms with van der Waals surface area (Å²) in [6, 6.07) is 26.4. The molecule has 0 saturated heterocycles. The number of hydrogen-bond donors (Lipinski definition) is 3. The molecule has 4 rings (SSSR count). The largest absolute Gasteiger partial charge is 0.476 e. The van der Waals surface area contributed by atoms with Gasteiger partial charge in [-0.25, -0.2) is 0 Å².